The second-order valence-corrected chi connectivity index (χ2v) is 7.44. The summed E-state index contributed by atoms with van der Waals surface area (Å²) in [5, 5.41) is 3.00. The number of rotatable bonds is 9. The molecule has 0 unspecified atom stereocenters. The van der Waals surface area contributed by atoms with E-state index in [2.05, 4.69) is 10.0 Å². The first-order chi connectivity index (χ1) is 10.0. The van der Waals surface area contributed by atoms with Crippen molar-refractivity contribution in [2.24, 2.45) is 5.41 Å². The number of hydrogen-bond acceptors (Lipinski definition) is 4. The van der Waals surface area contributed by atoms with E-state index in [1.807, 2.05) is 12.1 Å². The van der Waals surface area contributed by atoms with Crippen molar-refractivity contribution in [3.63, 3.8) is 0 Å². The van der Waals surface area contributed by atoms with E-state index in [1.54, 1.807) is 26.3 Å². The predicted octanol–water partition coefficient (Wildman–Crippen LogP) is 1.50. The first-order valence-corrected chi connectivity index (χ1v) is 8.72. The molecule has 0 bridgehead atoms. The molecule has 1 aromatic carbocycles. The van der Waals surface area contributed by atoms with Crippen LogP contribution in [0, 0.1) is 5.41 Å². The quantitative estimate of drug-likeness (QED) is 0.725. The van der Waals surface area contributed by atoms with Crippen LogP contribution in [0.3, 0.4) is 0 Å². The molecule has 0 aromatic heterocycles. The number of nitrogens with one attached hydrogen (secondary N) is 2. The van der Waals surface area contributed by atoms with Crippen LogP contribution in [0.15, 0.2) is 29.2 Å². The van der Waals surface area contributed by atoms with Crippen molar-refractivity contribution >= 4 is 10.0 Å². The fourth-order valence-corrected chi connectivity index (χ4v) is 3.83. The molecule has 0 spiro atoms. The number of methoxy groups -OCH3 is 1. The zero-order valence-corrected chi connectivity index (χ0v) is 13.5. The monoisotopic (exact) mass is 312 g/mol. The fraction of sp³-hybridized carbons (Fsp3) is 0.600. The number of hydrogen-bond donors (Lipinski definition) is 2. The van der Waals surface area contributed by atoms with Crippen LogP contribution in [0.25, 0.3) is 0 Å². The van der Waals surface area contributed by atoms with Crippen LogP contribution in [-0.4, -0.2) is 35.7 Å². The van der Waals surface area contributed by atoms with Crippen LogP contribution in [0.1, 0.15) is 24.8 Å². The Morgan fingerprint density at radius 1 is 1.29 bits per heavy atom. The van der Waals surface area contributed by atoms with Gasteiger partial charge in [-0.2, -0.15) is 0 Å². The van der Waals surface area contributed by atoms with E-state index in [9.17, 15) is 8.42 Å². The Balaban J connectivity index is 2.05. The highest BCUT2D eigenvalue weighted by molar-refractivity contribution is 7.89. The molecule has 2 rings (SSSR count). The maximum absolute atomic E-state index is 12.5. The zero-order chi connectivity index (χ0) is 15.3. The minimum atomic E-state index is -3.46. The van der Waals surface area contributed by atoms with Gasteiger partial charge in [-0.05, 0) is 43.4 Å². The number of ether oxygens (including phenoxy) is 1. The van der Waals surface area contributed by atoms with Crippen LogP contribution >= 0.6 is 0 Å². The Hall–Kier alpha value is -0.950. The molecule has 6 heteroatoms. The van der Waals surface area contributed by atoms with Crippen molar-refractivity contribution in [3.05, 3.63) is 29.8 Å². The van der Waals surface area contributed by atoms with Gasteiger partial charge in [0.2, 0.25) is 10.0 Å². The molecule has 118 valence electrons. The molecule has 0 atom stereocenters. The third-order valence-corrected chi connectivity index (χ3v) is 5.56. The predicted molar refractivity (Wildman–Crippen MR) is 82.6 cm³/mol. The molecular weight excluding hydrogens is 288 g/mol. The summed E-state index contributed by atoms with van der Waals surface area (Å²) in [6.45, 7) is 1.70. The fourth-order valence-electron chi connectivity index (χ4n) is 2.44. The van der Waals surface area contributed by atoms with Crippen molar-refractivity contribution in [3.8, 4) is 0 Å². The Labute approximate surface area is 127 Å². The maximum Gasteiger partial charge on any atom is 0.240 e. The van der Waals surface area contributed by atoms with Gasteiger partial charge < -0.3 is 10.1 Å². The van der Waals surface area contributed by atoms with Gasteiger partial charge >= 0.3 is 0 Å². The van der Waals surface area contributed by atoms with Gasteiger partial charge in [-0.15, -0.1) is 0 Å². The molecule has 1 fully saturated rings. The molecule has 21 heavy (non-hydrogen) atoms. The molecular formula is C15H24N2O3S. The van der Waals surface area contributed by atoms with E-state index >= 15 is 0 Å². The Morgan fingerprint density at radius 2 is 2.00 bits per heavy atom. The zero-order valence-electron chi connectivity index (χ0n) is 12.7. The van der Waals surface area contributed by atoms with Gasteiger partial charge in [0.05, 0.1) is 4.90 Å². The third kappa shape index (κ3) is 4.26. The topological polar surface area (TPSA) is 67.4 Å². The van der Waals surface area contributed by atoms with E-state index < -0.39 is 10.0 Å². The van der Waals surface area contributed by atoms with Crippen LogP contribution in [0.5, 0.6) is 0 Å². The van der Waals surface area contributed by atoms with Crippen LogP contribution in [0.2, 0.25) is 0 Å². The lowest BCUT2D eigenvalue weighted by Gasteiger charge is -2.17. The maximum atomic E-state index is 12.5. The van der Waals surface area contributed by atoms with Crippen LogP contribution < -0.4 is 10.0 Å². The van der Waals surface area contributed by atoms with Crippen LogP contribution in [-0.2, 0) is 21.3 Å². The van der Waals surface area contributed by atoms with Gasteiger partial charge in [0.15, 0.2) is 0 Å². The van der Waals surface area contributed by atoms with Gasteiger partial charge in [-0.25, -0.2) is 13.1 Å². The molecule has 0 amide bonds. The Bertz CT molecular complexity index is 568. The summed E-state index contributed by atoms with van der Waals surface area (Å²) >= 11 is 0. The normalized spacial score (nSPS) is 16.9. The SMILES string of the molecule is CNCc1ccccc1S(=O)(=O)NCC1(CCOC)CC1. The summed E-state index contributed by atoms with van der Waals surface area (Å²) in [5.74, 6) is 0. The second kappa shape index (κ2) is 6.87. The lowest BCUT2D eigenvalue weighted by atomic mass is 10.0. The lowest BCUT2D eigenvalue weighted by molar-refractivity contribution is 0.173. The molecule has 5 nitrogen and oxygen atoms in total. The number of sulfonamides is 1. The average molecular weight is 312 g/mol. The van der Waals surface area contributed by atoms with Gasteiger partial charge in [0.1, 0.15) is 0 Å². The lowest BCUT2D eigenvalue weighted by Crippen LogP contribution is -2.31. The van der Waals surface area contributed by atoms with Crippen LogP contribution in [0.4, 0.5) is 0 Å². The summed E-state index contributed by atoms with van der Waals surface area (Å²) in [6, 6.07) is 7.10. The second-order valence-electron chi connectivity index (χ2n) is 5.71. The summed E-state index contributed by atoms with van der Waals surface area (Å²) in [6.07, 6.45) is 3.04. The number of benzene rings is 1. The molecule has 0 aliphatic heterocycles. The summed E-state index contributed by atoms with van der Waals surface area (Å²) in [7, 11) is 0.0190. The van der Waals surface area contributed by atoms with E-state index in [-0.39, 0.29) is 5.41 Å². The van der Waals surface area contributed by atoms with Crippen molar-refractivity contribution in [2.75, 3.05) is 27.3 Å². The smallest absolute Gasteiger partial charge is 0.240 e. The van der Waals surface area contributed by atoms with Crippen molar-refractivity contribution in [1.29, 1.82) is 0 Å². The summed E-state index contributed by atoms with van der Waals surface area (Å²) in [5.41, 5.74) is 0.885. The molecule has 0 heterocycles. The highest BCUT2D eigenvalue weighted by atomic mass is 32.2. The van der Waals surface area contributed by atoms with Gasteiger partial charge in [0, 0.05) is 26.8 Å². The first kappa shape index (κ1) is 16.4. The van der Waals surface area contributed by atoms with Crippen molar-refractivity contribution < 1.29 is 13.2 Å². The average Bonchev–Trinajstić information content (AvgIpc) is 3.25. The molecule has 1 aliphatic carbocycles. The van der Waals surface area contributed by atoms with Gasteiger partial charge in [-0.3, -0.25) is 0 Å². The summed E-state index contributed by atoms with van der Waals surface area (Å²) in [4.78, 5) is 0.363. The van der Waals surface area contributed by atoms with Gasteiger partial charge in [-0.1, -0.05) is 18.2 Å². The van der Waals surface area contributed by atoms with E-state index in [4.69, 9.17) is 4.74 Å². The third-order valence-electron chi connectivity index (χ3n) is 4.06. The standard InChI is InChI=1S/C15H24N2O3S/c1-16-11-13-5-3-4-6-14(13)21(18,19)17-12-15(7-8-15)9-10-20-2/h3-6,16-17H,7-12H2,1-2H3. The van der Waals surface area contributed by atoms with E-state index in [1.165, 1.54) is 0 Å². The Kier molecular flexibility index (Phi) is 5.37. The minimum absolute atomic E-state index is 0.0982. The molecule has 1 aliphatic rings. The highest BCUT2D eigenvalue weighted by Gasteiger charge is 2.42. The van der Waals surface area contributed by atoms with Crippen molar-refractivity contribution in [1.82, 2.24) is 10.0 Å². The molecule has 0 saturated heterocycles. The minimum Gasteiger partial charge on any atom is -0.385 e. The molecule has 2 N–H and O–H groups in total. The van der Waals surface area contributed by atoms with E-state index in [0.717, 1.165) is 24.8 Å². The Morgan fingerprint density at radius 3 is 2.62 bits per heavy atom. The largest absolute Gasteiger partial charge is 0.385 e. The van der Waals surface area contributed by atoms with Gasteiger partial charge in [0.25, 0.3) is 0 Å². The van der Waals surface area contributed by atoms with Crippen molar-refractivity contribution in [2.45, 2.75) is 30.7 Å². The molecule has 1 aromatic rings. The summed E-state index contributed by atoms with van der Waals surface area (Å²) < 4.78 is 32.9. The first-order valence-electron chi connectivity index (χ1n) is 7.24. The van der Waals surface area contributed by atoms with E-state index in [0.29, 0.717) is 24.6 Å². The molecule has 1 saturated carbocycles. The highest BCUT2D eigenvalue weighted by Crippen LogP contribution is 2.48. The molecule has 0 radical (unpaired) electrons.